The number of rotatable bonds is 6. The Morgan fingerprint density at radius 2 is 1.00 bits per heavy atom. The summed E-state index contributed by atoms with van der Waals surface area (Å²) in [5.41, 5.74) is 3.16. The molecule has 0 spiro atoms. The SMILES string of the molecule is c1ccc(COc2ccccc2-c2ccccc2Oc2ccccc2)cc1. The molecule has 0 N–H and O–H groups in total. The van der Waals surface area contributed by atoms with E-state index < -0.39 is 0 Å². The van der Waals surface area contributed by atoms with Crippen LogP contribution in [0.15, 0.2) is 109 Å². The van der Waals surface area contributed by atoms with Gasteiger partial charge in [0.2, 0.25) is 0 Å². The minimum Gasteiger partial charge on any atom is -0.488 e. The summed E-state index contributed by atoms with van der Waals surface area (Å²) in [7, 11) is 0. The minimum absolute atomic E-state index is 0.527. The highest BCUT2D eigenvalue weighted by atomic mass is 16.5. The Morgan fingerprint density at radius 3 is 1.70 bits per heavy atom. The summed E-state index contributed by atoms with van der Waals surface area (Å²) in [6.45, 7) is 0.527. The average Bonchev–Trinajstić information content (AvgIpc) is 2.74. The van der Waals surface area contributed by atoms with Gasteiger partial charge in [0.15, 0.2) is 0 Å². The summed E-state index contributed by atoms with van der Waals surface area (Å²) in [5.74, 6) is 2.46. The van der Waals surface area contributed by atoms with Crippen LogP contribution in [0.2, 0.25) is 0 Å². The predicted molar refractivity (Wildman–Crippen MR) is 109 cm³/mol. The molecule has 2 nitrogen and oxygen atoms in total. The van der Waals surface area contributed by atoms with Gasteiger partial charge in [-0.2, -0.15) is 0 Å². The first-order valence-electron chi connectivity index (χ1n) is 8.98. The van der Waals surface area contributed by atoms with E-state index in [0.717, 1.165) is 33.9 Å². The molecule has 0 atom stereocenters. The molecule has 132 valence electrons. The quantitative estimate of drug-likeness (QED) is 0.383. The molecule has 0 aliphatic heterocycles. The van der Waals surface area contributed by atoms with Crippen molar-refractivity contribution in [3.05, 3.63) is 115 Å². The first kappa shape index (κ1) is 16.9. The zero-order valence-electron chi connectivity index (χ0n) is 14.9. The Hall–Kier alpha value is -3.52. The Bertz CT molecular complexity index is 995. The van der Waals surface area contributed by atoms with Crippen molar-refractivity contribution in [1.29, 1.82) is 0 Å². The standard InChI is InChI=1S/C25H20O2/c1-3-11-20(12-4-1)19-26-24-17-9-7-15-22(24)23-16-8-10-18-25(23)27-21-13-5-2-6-14-21/h1-18H,19H2. The molecule has 0 unspecified atom stereocenters. The van der Waals surface area contributed by atoms with Crippen LogP contribution >= 0.6 is 0 Å². The van der Waals surface area contributed by atoms with E-state index in [-0.39, 0.29) is 0 Å². The van der Waals surface area contributed by atoms with Crippen molar-refractivity contribution in [2.45, 2.75) is 6.61 Å². The van der Waals surface area contributed by atoms with Crippen molar-refractivity contribution in [3.8, 4) is 28.4 Å². The fraction of sp³-hybridized carbons (Fsp3) is 0.0400. The van der Waals surface area contributed by atoms with E-state index in [4.69, 9.17) is 9.47 Å². The van der Waals surface area contributed by atoms with Crippen LogP contribution in [0.1, 0.15) is 5.56 Å². The molecule has 0 heterocycles. The third-order valence-electron chi connectivity index (χ3n) is 4.27. The summed E-state index contributed by atoms with van der Waals surface area (Å²) < 4.78 is 12.3. The number of para-hydroxylation sites is 3. The Kier molecular flexibility index (Phi) is 5.16. The maximum atomic E-state index is 6.13. The van der Waals surface area contributed by atoms with Gasteiger partial charge in [-0.15, -0.1) is 0 Å². The topological polar surface area (TPSA) is 18.5 Å². The summed E-state index contributed by atoms with van der Waals surface area (Å²) in [4.78, 5) is 0. The lowest BCUT2D eigenvalue weighted by molar-refractivity contribution is 0.307. The predicted octanol–water partition coefficient (Wildman–Crippen LogP) is 6.72. The summed E-state index contributed by atoms with van der Waals surface area (Å²) in [6.07, 6.45) is 0. The molecule has 0 saturated heterocycles. The normalized spacial score (nSPS) is 10.4. The monoisotopic (exact) mass is 352 g/mol. The first-order chi connectivity index (χ1) is 13.4. The van der Waals surface area contributed by atoms with Crippen LogP contribution in [0.3, 0.4) is 0 Å². The van der Waals surface area contributed by atoms with Crippen LogP contribution in [-0.4, -0.2) is 0 Å². The Morgan fingerprint density at radius 1 is 0.481 bits per heavy atom. The van der Waals surface area contributed by atoms with Gasteiger partial charge in [0.25, 0.3) is 0 Å². The molecular formula is C25H20O2. The second kappa shape index (κ2) is 8.24. The highest BCUT2D eigenvalue weighted by molar-refractivity contribution is 5.76. The molecule has 0 radical (unpaired) electrons. The van der Waals surface area contributed by atoms with Gasteiger partial charge in [-0.05, 0) is 29.8 Å². The van der Waals surface area contributed by atoms with Crippen molar-refractivity contribution < 1.29 is 9.47 Å². The molecule has 0 saturated carbocycles. The molecule has 0 aromatic heterocycles. The van der Waals surface area contributed by atoms with Crippen LogP contribution in [0.25, 0.3) is 11.1 Å². The Labute approximate surface area is 159 Å². The highest BCUT2D eigenvalue weighted by Gasteiger charge is 2.12. The fourth-order valence-corrected chi connectivity index (χ4v) is 2.94. The van der Waals surface area contributed by atoms with Crippen LogP contribution in [0.4, 0.5) is 0 Å². The minimum atomic E-state index is 0.527. The second-order valence-electron chi connectivity index (χ2n) is 6.18. The van der Waals surface area contributed by atoms with E-state index >= 15 is 0 Å². The van der Waals surface area contributed by atoms with Gasteiger partial charge in [0, 0.05) is 11.1 Å². The molecule has 0 aliphatic rings. The fourth-order valence-electron chi connectivity index (χ4n) is 2.94. The van der Waals surface area contributed by atoms with Gasteiger partial charge in [-0.3, -0.25) is 0 Å². The number of benzene rings is 4. The van der Waals surface area contributed by atoms with Crippen molar-refractivity contribution in [2.24, 2.45) is 0 Å². The molecule has 2 heteroatoms. The van der Waals surface area contributed by atoms with E-state index in [1.165, 1.54) is 0 Å². The van der Waals surface area contributed by atoms with Crippen LogP contribution < -0.4 is 9.47 Å². The van der Waals surface area contributed by atoms with E-state index in [9.17, 15) is 0 Å². The molecule has 0 amide bonds. The number of hydrogen-bond acceptors (Lipinski definition) is 2. The van der Waals surface area contributed by atoms with Gasteiger partial charge in [0.1, 0.15) is 23.9 Å². The third kappa shape index (κ3) is 4.18. The van der Waals surface area contributed by atoms with E-state index in [2.05, 4.69) is 24.3 Å². The largest absolute Gasteiger partial charge is 0.488 e. The molecule has 0 bridgehead atoms. The number of ether oxygens (including phenoxy) is 2. The van der Waals surface area contributed by atoms with Crippen molar-refractivity contribution in [1.82, 2.24) is 0 Å². The maximum Gasteiger partial charge on any atom is 0.135 e. The molecule has 0 fully saturated rings. The van der Waals surface area contributed by atoms with Crippen molar-refractivity contribution in [2.75, 3.05) is 0 Å². The summed E-state index contributed by atoms with van der Waals surface area (Å²) >= 11 is 0. The molecular weight excluding hydrogens is 332 g/mol. The molecule has 0 aliphatic carbocycles. The van der Waals surface area contributed by atoms with Gasteiger partial charge < -0.3 is 9.47 Å². The summed E-state index contributed by atoms with van der Waals surface area (Å²) in [5, 5.41) is 0. The zero-order chi connectivity index (χ0) is 18.3. The first-order valence-corrected chi connectivity index (χ1v) is 8.98. The lowest BCUT2D eigenvalue weighted by atomic mass is 10.0. The van der Waals surface area contributed by atoms with E-state index in [1.807, 2.05) is 84.9 Å². The van der Waals surface area contributed by atoms with Gasteiger partial charge in [0.05, 0.1) is 0 Å². The van der Waals surface area contributed by atoms with Gasteiger partial charge >= 0.3 is 0 Å². The highest BCUT2D eigenvalue weighted by Crippen LogP contribution is 2.38. The van der Waals surface area contributed by atoms with E-state index in [1.54, 1.807) is 0 Å². The number of hydrogen-bond donors (Lipinski definition) is 0. The van der Waals surface area contributed by atoms with Gasteiger partial charge in [-0.1, -0.05) is 84.9 Å². The van der Waals surface area contributed by atoms with Crippen LogP contribution in [0, 0.1) is 0 Å². The zero-order valence-corrected chi connectivity index (χ0v) is 14.9. The van der Waals surface area contributed by atoms with Crippen LogP contribution in [-0.2, 0) is 6.61 Å². The van der Waals surface area contributed by atoms with Crippen molar-refractivity contribution in [3.63, 3.8) is 0 Å². The second-order valence-corrected chi connectivity index (χ2v) is 6.18. The molecule has 27 heavy (non-hydrogen) atoms. The molecule has 4 rings (SSSR count). The average molecular weight is 352 g/mol. The molecule has 4 aromatic carbocycles. The lowest BCUT2D eigenvalue weighted by Crippen LogP contribution is -1.97. The van der Waals surface area contributed by atoms with Crippen LogP contribution in [0.5, 0.6) is 17.2 Å². The smallest absolute Gasteiger partial charge is 0.135 e. The molecule has 4 aromatic rings. The summed E-state index contributed by atoms with van der Waals surface area (Å²) in [6, 6.07) is 36.1. The van der Waals surface area contributed by atoms with Crippen molar-refractivity contribution >= 4 is 0 Å². The van der Waals surface area contributed by atoms with Gasteiger partial charge in [-0.25, -0.2) is 0 Å². The maximum absolute atomic E-state index is 6.13. The lowest BCUT2D eigenvalue weighted by Gasteiger charge is -2.15. The van der Waals surface area contributed by atoms with E-state index in [0.29, 0.717) is 6.61 Å². The Balaban J connectivity index is 1.64. The third-order valence-corrected chi connectivity index (χ3v) is 4.27.